The van der Waals surface area contributed by atoms with Crippen molar-refractivity contribution >= 4 is 23.5 Å². The summed E-state index contributed by atoms with van der Waals surface area (Å²) in [6, 6.07) is 0. The first-order valence-corrected chi connectivity index (χ1v) is 5.53. The molecule has 72 valence electrons. The summed E-state index contributed by atoms with van der Waals surface area (Å²) in [7, 11) is 0. The van der Waals surface area contributed by atoms with Gasteiger partial charge in [-0.2, -0.15) is 0 Å². The Kier molecular flexibility index (Phi) is 2.10. The van der Waals surface area contributed by atoms with Gasteiger partial charge in [-0.25, -0.2) is 0 Å². The minimum absolute atomic E-state index is 0.107. The van der Waals surface area contributed by atoms with Gasteiger partial charge in [0.15, 0.2) is 5.78 Å². The predicted octanol–water partition coefficient (Wildman–Crippen LogP) is 1.01. The molecule has 1 saturated carbocycles. The third-order valence-electron chi connectivity index (χ3n) is 2.57. The van der Waals surface area contributed by atoms with Gasteiger partial charge in [-0.3, -0.25) is 9.59 Å². The number of ether oxygens (including phenoxy) is 1. The number of carbonyl (C=O) groups excluding carboxylic acids is 2. The minimum Gasteiger partial charge on any atom is -0.465 e. The number of Topliss-reactive ketones (excluding diaryl/α,β-unsaturated/α-hetero) is 1. The van der Waals surface area contributed by atoms with E-state index in [1.807, 2.05) is 0 Å². The molecule has 1 aliphatic heterocycles. The van der Waals surface area contributed by atoms with Gasteiger partial charge in [-0.1, -0.05) is 0 Å². The average Bonchev–Trinajstić information content (AvgIpc) is 2.78. The van der Waals surface area contributed by atoms with Crippen molar-refractivity contribution in [1.29, 1.82) is 0 Å². The molecule has 0 amide bonds. The summed E-state index contributed by atoms with van der Waals surface area (Å²) >= 11 is 1.63. The molecule has 2 fully saturated rings. The zero-order valence-corrected chi connectivity index (χ0v) is 8.36. The lowest BCUT2D eigenvalue weighted by Gasteiger charge is -2.06. The van der Waals surface area contributed by atoms with Crippen LogP contribution in [-0.4, -0.2) is 28.9 Å². The largest absolute Gasteiger partial charge is 0.465 e. The molecular formula is C9H12O3S. The van der Waals surface area contributed by atoms with E-state index in [1.165, 1.54) is 0 Å². The van der Waals surface area contributed by atoms with E-state index in [9.17, 15) is 9.59 Å². The first kappa shape index (κ1) is 9.06. The van der Waals surface area contributed by atoms with Crippen molar-refractivity contribution < 1.29 is 14.3 Å². The van der Waals surface area contributed by atoms with Crippen molar-refractivity contribution in [3.8, 4) is 0 Å². The second-order valence-electron chi connectivity index (χ2n) is 3.47. The van der Waals surface area contributed by atoms with Crippen LogP contribution in [0.4, 0.5) is 0 Å². The minimum atomic E-state index is -0.479. The Balaban J connectivity index is 2.02. The van der Waals surface area contributed by atoms with Crippen molar-refractivity contribution in [2.45, 2.75) is 24.5 Å². The lowest BCUT2D eigenvalue weighted by Crippen LogP contribution is -2.28. The van der Waals surface area contributed by atoms with Crippen LogP contribution in [0.25, 0.3) is 0 Å². The second-order valence-corrected chi connectivity index (χ2v) is 4.88. The number of carbonyl (C=O) groups is 2. The Morgan fingerprint density at radius 1 is 1.69 bits per heavy atom. The number of esters is 1. The van der Waals surface area contributed by atoms with Crippen LogP contribution in [0.2, 0.25) is 0 Å². The summed E-state index contributed by atoms with van der Waals surface area (Å²) in [5, 5.41) is 0. The van der Waals surface area contributed by atoms with Crippen molar-refractivity contribution in [3.63, 3.8) is 0 Å². The van der Waals surface area contributed by atoms with Crippen LogP contribution < -0.4 is 0 Å². The van der Waals surface area contributed by atoms with Crippen LogP contribution >= 0.6 is 11.8 Å². The monoisotopic (exact) mass is 200 g/mol. The molecule has 2 aliphatic rings. The Labute approximate surface area is 81.2 Å². The van der Waals surface area contributed by atoms with Crippen molar-refractivity contribution in [1.82, 2.24) is 0 Å². The molecule has 2 rings (SSSR count). The van der Waals surface area contributed by atoms with E-state index in [1.54, 1.807) is 18.7 Å². The first-order valence-electron chi connectivity index (χ1n) is 4.54. The van der Waals surface area contributed by atoms with Gasteiger partial charge in [-0.05, 0) is 19.8 Å². The molecule has 0 aromatic carbocycles. The van der Waals surface area contributed by atoms with Gasteiger partial charge >= 0.3 is 5.97 Å². The predicted molar refractivity (Wildman–Crippen MR) is 49.6 cm³/mol. The molecule has 3 nitrogen and oxygen atoms in total. The molecule has 1 unspecified atom stereocenters. The Morgan fingerprint density at radius 2 is 2.38 bits per heavy atom. The fraction of sp³-hybridized carbons (Fsp3) is 0.778. The zero-order chi connectivity index (χ0) is 9.47. The number of hydrogen-bond donors (Lipinski definition) is 0. The average molecular weight is 200 g/mol. The normalized spacial score (nSPS) is 29.3. The molecule has 0 aromatic rings. The molecule has 1 heterocycles. The van der Waals surface area contributed by atoms with Crippen molar-refractivity contribution in [2.24, 2.45) is 5.92 Å². The Hall–Kier alpha value is -0.510. The highest BCUT2D eigenvalue weighted by Gasteiger charge is 2.59. The van der Waals surface area contributed by atoms with Crippen molar-refractivity contribution in [3.05, 3.63) is 0 Å². The van der Waals surface area contributed by atoms with Crippen LogP contribution in [0.5, 0.6) is 0 Å². The summed E-state index contributed by atoms with van der Waals surface area (Å²) in [5.74, 6) is -0.0790. The fourth-order valence-electron chi connectivity index (χ4n) is 1.63. The van der Waals surface area contributed by atoms with Gasteiger partial charge in [0, 0.05) is 5.75 Å². The molecule has 0 aromatic heterocycles. The molecule has 1 saturated heterocycles. The van der Waals surface area contributed by atoms with E-state index >= 15 is 0 Å². The van der Waals surface area contributed by atoms with Crippen LogP contribution in [0.1, 0.15) is 19.8 Å². The van der Waals surface area contributed by atoms with Crippen molar-refractivity contribution in [2.75, 3.05) is 12.4 Å². The van der Waals surface area contributed by atoms with Gasteiger partial charge in [0.05, 0.1) is 11.4 Å². The standard InChI is InChI=1S/C9H12O3S/c1-2-12-8(11)6-5-13-9(3-4-9)7(6)10/h6H,2-5H2,1H3. The van der Waals surface area contributed by atoms with Gasteiger partial charge in [0.1, 0.15) is 5.92 Å². The quantitative estimate of drug-likeness (QED) is 0.493. The lowest BCUT2D eigenvalue weighted by molar-refractivity contribution is -0.150. The van der Waals surface area contributed by atoms with E-state index in [0.29, 0.717) is 12.4 Å². The number of hydrogen-bond acceptors (Lipinski definition) is 4. The zero-order valence-electron chi connectivity index (χ0n) is 7.54. The van der Waals surface area contributed by atoms with Crippen LogP contribution in [-0.2, 0) is 14.3 Å². The Bertz CT molecular complexity index is 258. The van der Waals surface area contributed by atoms with Gasteiger partial charge < -0.3 is 4.74 Å². The highest BCUT2D eigenvalue weighted by molar-refractivity contribution is 8.02. The van der Waals surface area contributed by atoms with Crippen LogP contribution in [0, 0.1) is 5.92 Å². The summed E-state index contributed by atoms with van der Waals surface area (Å²) < 4.78 is 4.67. The number of thioether (sulfide) groups is 1. The SMILES string of the molecule is CCOC(=O)C1CSC2(CC2)C1=O. The lowest BCUT2D eigenvalue weighted by atomic mass is 10.0. The first-order chi connectivity index (χ1) is 6.19. The summed E-state index contributed by atoms with van der Waals surface area (Å²) in [5.41, 5.74) is 0. The second kappa shape index (κ2) is 3.01. The molecule has 1 aliphatic carbocycles. The van der Waals surface area contributed by atoms with E-state index < -0.39 is 5.92 Å². The number of ketones is 1. The van der Waals surface area contributed by atoms with E-state index in [2.05, 4.69) is 0 Å². The molecule has 1 atom stereocenters. The van der Waals surface area contributed by atoms with Crippen LogP contribution in [0.15, 0.2) is 0 Å². The smallest absolute Gasteiger partial charge is 0.317 e. The Morgan fingerprint density at radius 3 is 2.85 bits per heavy atom. The van der Waals surface area contributed by atoms with E-state index in [0.717, 1.165) is 12.8 Å². The highest BCUT2D eigenvalue weighted by atomic mass is 32.2. The molecule has 0 bridgehead atoms. The maximum atomic E-state index is 11.7. The molecule has 1 spiro atoms. The molecule has 4 heteroatoms. The topological polar surface area (TPSA) is 43.4 Å². The maximum Gasteiger partial charge on any atom is 0.317 e. The third kappa shape index (κ3) is 1.37. The molecule has 13 heavy (non-hydrogen) atoms. The van der Waals surface area contributed by atoms with Gasteiger partial charge in [0.25, 0.3) is 0 Å². The van der Waals surface area contributed by atoms with E-state index in [4.69, 9.17) is 4.74 Å². The number of rotatable bonds is 2. The molecular weight excluding hydrogens is 188 g/mol. The maximum absolute atomic E-state index is 11.7. The third-order valence-corrected chi connectivity index (χ3v) is 4.23. The summed E-state index contributed by atoms with van der Waals surface area (Å²) in [6.07, 6.45) is 1.90. The van der Waals surface area contributed by atoms with Gasteiger partial charge in [0.2, 0.25) is 0 Å². The summed E-state index contributed by atoms with van der Waals surface area (Å²) in [6.45, 7) is 2.12. The molecule has 0 radical (unpaired) electrons. The van der Waals surface area contributed by atoms with E-state index in [-0.39, 0.29) is 16.5 Å². The highest BCUT2D eigenvalue weighted by Crippen LogP contribution is 2.55. The molecule has 0 N–H and O–H groups in total. The summed E-state index contributed by atoms with van der Waals surface area (Å²) in [4.78, 5) is 23.0. The van der Waals surface area contributed by atoms with Gasteiger partial charge in [-0.15, -0.1) is 11.8 Å². The fourth-order valence-corrected chi connectivity index (χ4v) is 3.08. The van der Waals surface area contributed by atoms with Crippen LogP contribution in [0.3, 0.4) is 0 Å².